The summed E-state index contributed by atoms with van der Waals surface area (Å²) in [7, 11) is 0. The van der Waals surface area contributed by atoms with Gasteiger partial charge in [0.05, 0.1) is 17.3 Å². The molecule has 4 saturated carbocycles. The quantitative estimate of drug-likeness (QED) is 0.331. The Bertz CT molecular complexity index is 1140. The summed E-state index contributed by atoms with van der Waals surface area (Å²) in [5.41, 5.74) is -1.61. The molecule has 3 unspecified atom stereocenters. The van der Waals surface area contributed by atoms with Crippen LogP contribution >= 0.6 is 0 Å². The number of carboxylic acids is 1. The summed E-state index contributed by atoms with van der Waals surface area (Å²) in [6.07, 6.45) is 8.00. The number of carboxylic acid groups (broad SMARTS) is 1. The van der Waals surface area contributed by atoms with Crippen molar-refractivity contribution in [1.29, 1.82) is 0 Å². The molecule has 0 bridgehead atoms. The number of fused-ring (bicyclic) bond motifs is 5. The first-order valence-corrected chi connectivity index (χ1v) is 15.6. The smallest absolute Gasteiger partial charge is 0.335 e. The molecule has 0 heterocycles. The summed E-state index contributed by atoms with van der Waals surface area (Å²) >= 11 is 0. The molecule has 0 amide bonds. The number of carbonyl (C=O) groups excluding carboxylic acids is 1. The van der Waals surface area contributed by atoms with Gasteiger partial charge in [0.25, 0.3) is 0 Å². The SMILES string of the molecule is C[C@H](CCC(=O)C(C)(C)O)[C@H]1CC[C@H]2[C@@H]3CC(O)(c4cccc(C(=O)O)c4)C4CC(O)CC[C@]4(C)[C@H]3CC[C@]12C. The molecule has 0 spiro atoms. The monoisotopic (exact) mass is 554 g/mol. The summed E-state index contributed by atoms with van der Waals surface area (Å²) in [4.78, 5) is 24.3. The summed E-state index contributed by atoms with van der Waals surface area (Å²) < 4.78 is 0. The summed E-state index contributed by atoms with van der Waals surface area (Å²) in [5.74, 6) is 0.912. The molecule has 10 atom stereocenters. The number of aliphatic hydroxyl groups is 3. The Morgan fingerprint density at radius 2 is 1.73 bits per heavy atom. The number of aliphatic hydroxyl groups excluding tert-OH is 1. The molecule has 1 aromatic rings. The zero-order valence-electron chi connectivity index (χ0n) is 25.0. The first-order chi connectivity index (χ1) is 18.6. The Hall–Kier alpha value is -1.76. The minimum atomic E-state index is -1.29. The molecule has 0 aliphatic heterocycles. The fourth-order valence-corrected chi connectivity index (χ4v) is 10.5. The van der Waals surface area contributed by atoms with Crippen molar-refractivity contribution in [1.82, 2.24) is 0 Å². The van der Waals surface area contributed by atoms with E-state index in [0.717, 1.165) is 44.9 Å². The van der Waals surface area contributed by atoms with E-state index in [-0.39, 0.29) is 28.1 Å². The van der Waals surface area contributed by atoms with Crippen molar-refractivity contribution in [3.63, 3.8) is 0 Å². The second-order valence-corrected chi connectivity index (χ2v) is 15.1. The van der Waals surface area contributed by atoms with E-state index in [4.69, 9.17) is 0 Å². The predicted molar refractivity (Wildman–Crippen MR) is 154 cm³/mol. The van der Waals surface area contributed by atoms with Crippen LogP contribution in [0.2, 0.25) is 0 Å². The van der Waals surface area contributed by atoms with Crippen molar-refractivity contribution >= 4 is 11.8 Å². The van der Waals surface area contributed by atoms with E-state index in [0.29, 0.717) is 54.4 Å². The molecular weight excluding hydrogens is 504 g/mol. The highest BCUT2D eigenvalue weighted by Crippen LogP contribution is 2.71. The number of ketones is 1. The van der Waals surface area contributed by atoms with E-state index in [1.807, 2.05) is 6.07 Å². The Balaban J connectivity index is 1.47. The van der Waals surface area contributed by atoms with Crippen molar-refractivity contribution < 1.29 is 30.0 Å². The van der Waals surface area contributed by atoms with Gasteiger partial charge < -0.3 is 20.4 Å². The molecule has 1 aromatic carbocycles. The number of carbonyl (C=O) groups is 2. The van der Waals surface area contributed by atoms with Crippen molar-refractivity contribution in [2.75, 3.05) is 0 Å². The number of hydrogen-bond donors (Lipinski definition) is 4. The van der Waals surface area contributed by atoms with Crippen LogP contribution in [0.15, 0.2) is 24.3 Å². The Kier molecular flexibility index (Phi) is 7.58. The third-order valence-electron chi connectivity index (χ3n) is 12.6. The third kappa shape index (κ3) is 4.76. The average molecular weight is 555 g/mol. The molecule has 0 aromatic heterocycles. The molecule has 4 N–H and O–H groups in total. The van der Waals surface area contributed by atoms with E-state index in [9.17, 15) is 30.0 Å². The van der Waals surface area contributed by atoms with Gasteiger partial charge in [0.2, 0.25) is 0 Å². The molecule has 6 nitrogen and oxygen atoms in total. The largest absolute Gasteiger partial charge is 0.478 e. The third-order valence-corrected chi connectivity index (χ3v) is 12.6. The van der Waals surface area contributed by atoms with Gasteiger partial charge in [-0.2, -0.15) is 0 Å². The van der Waals surface area contributed by atoms with Crippen molar-refractivity contribution in [2.24, 2.45) is 46.3 Å². The highest BCUT2D eigenvalue weighted by atomic mass is 16.4. The number of rotatable bonds is 7. The highest BCUT2D eigenvalue weighted by molar-refractivity contribution is 5.87. The molecule has 0 saturated heterocycles. The van der Waals surface area contributed by atoms with Crippen LogP contribution in [0.5, 0.6) is 0 Å². The van der Waals surface area contributed by atoms with E-state index < -0.39 is 23.3 Å². The highest BCUT2D eigenvalue weighted by Gasteiger charge is 2.66. The lowest BCUT2D eigenvalue weighted by Crippen LogP contribution is -2.62. The second kappa shape index (κ2) is 10.2. The van der Waals surface area contributed by atoms with Crippen LogP contribution in [0.4, 0.5) is 0 Å². The Labute approximate surface area is 239 Å². The Morgan fingerprint density at radius 3 is 2.40 bits per heavy atom. The van der Waals surface area contributed by atoms with Crippen molar-refractivity contribution in [3.8, 4) is 0 Å². The molecule has 0 radical (unpaired) electrons. The van der Waals surface area contributed by atoms with Gasteiger partial charge in [0.1, 0.15) is 5.60 Å². The molecular formula is C34H50O6. The zero-order chi connectivity index (χ0) is 29.3. The maximum atomic E-state index is 12.7. The van der Waals surface area contributed by atoms with Crippen LogP contribution in [0.25, 0.3) is 0 Å². The van der Waals surface area contributed by atoms with Gasteiger partial charge in [-0.1, -0.05) is 32.9 Å². The van der Waals surface area contributed by atoms with Gasteiger partial charge in [0.15, 0.2) is 5.78 Å². The normalized spacial score (nSPS) is 41.9. The lowest BCUT2D eigenvalue weighted by atomic mass is 9.41. The number of hydrogen-bond acceptors (Lipinski definition) is 5. The van der Waals surface area contributed by atoms with E-state index in [1.54, 1.807) is 32.0 Å². The topological polar surface area (TPSA) is 115 Å². The molecule has 222 valence electrons. The maximum Gasteiger partial charge on any atom is 0.335 e. The molecule has 6 heteroatoms. The molecule has 5 rings (SSSR count). The van der Waals surface area contributed by atoms with Gasteiger partial charge in [-0.15, -0.1) is 0 Å². The number of Topliss-reactive ketones (excluding diaryl/α,β-unsaturated/α-hetero) is 1. The summed E-state index contributed by atoms with van der Waals surface area (Å²) in [6, 6.07) is 6.87. The van der Waals surface area contributed by atoms with Crippen LogP contribution in [0.1, 0.15) is 115 Å². The second-order valence-electron chi connectivity index (χ2n) is 15.1. The van der Waals surface area contributed by atoms with Crippen LogP contribution in [0.3, 0.4) is 0 Å². The van der Waals surface area contributed by atoms with Gasteiger partial charge >= 0.3 is 5.97 Å². The van der Waals surface area contributed by atoms with E-state index >= 15 is 0 Å². The van der Waals surface area contributed by atoms with Crippen LogP contribution in [-0.4, -0.2) is 43.9 Å². The van der Waals surface area contributed by atoms with E-state index in [2.05, 4.69) is 20.8 Å². The zero-order valence-corrected chi connectivity index (χ0v) is 25.0. The van der Waals surface area contributed by atoms with Gasteiger partial charge in [-0.25, -0.2) is 4.79 Å². The van der Waals surface area contributed by atoms with Crippen LogP contribution in [0, 0.1) is 46.3 Å². The molecule has 40 heavy (non-hydrogen) atoms. The summed E-state index contributed by atoms with van der Waals surface area (Å²) in [6.45, 7) is 10.2. The number of aromatic carboxylic acids is 1. The van der Waals surface area contributed by atoms with Crippen LogP contribution in [-0.2, 0) is 10.4 Å². The van der Waals surface area contributed by atoms with Crippen molar-refractivity contribution in [3.05, 3.63) is 35.4 Å². The van der Waals surface area contributed by atoms with Gasteiger partial charge in [-0.05, 0) is 136 Å². The maximum absolute atomic E-state index is 12.7. The van der Waals surface area contributed by atoms with E-state index in [1.165, 1.54) is 0 Å². The molecule has 4 aliphatic rings. The molecule has 4 fully saturated rings. The first-order valence-electron chi connectivity index (χ1n) is 15.6. The lowest BCUT2D eigenvalue weighted by Gasteiger charge is -2.65. The number of benzene rings is 1. The lowest BCUT2D eigenvalue weighted by molar-refractivity contribution is -0.221. The van der Waals surface area contributed by atoms with Gasteiger partial charge in [0, 0.05) is 6.42 Å². The van der Waals surface area contributed by atoms with Gasteiger partial charge in [-0.3, -0.25) is 4.79 Å². The first kappa shape index (κ1) is 29.7. The molecule has 4 aliphatic carbocycles. The van der Waals surface area contributed by atoms with Crippen LogP contribution < -0.4 is 0 Å². The predicted octanol–water partition coefficient (Wildman–Crippen LogP) is 5.96. The minimum Gasteiger partial charge on any atom is -0.478 e. The average Bonchev–Trinajstić information content (AvgIpc) is 3.25. The minimum absolute atomic E-state index is 0.0952. The summed E-state index contributed by atoms with van der Waals surface area (Å²) in [5, 5.41) is 43.3. The van der Waals surface area contributed by atoms with Crippen molar-refractivity contribution in [2.45, 2.75) is 116 Å². The fraction of sp³-hybridized carbons (Fsp3) is 0.765. The fourth-order valence-electron chi connectivity index (χ4n) is 10.5. The standard InChI is InChI=1S/C34H50O6/c1-20(9-12-29(36)31(2,3)39)25-10-11-26-24-19-34(40,22-8-6-7-21(17-22)30(37)38)28-18-23(35)13-15-33(28,5)27(24)14-16-32(25,26)4/h6-8,17,20,23-28,35,39-40H,9-16,18-19H2,1-5H3,(H,37,38)/t20-,23?,24+,25-,26+,27+,28?,32-,33-,34?/m1/s1. The Morgan fingerprint density at radius 1 is 1.05 bits per heavy atom.